The maximum atomic E-state index is 5.75. The lowest BCUT2D eigenvalue weighted by molar-refractivity contribution is 0.421. The smallest absolute Gasteiger partial charge is 0.175 e. The monoisotopic (exact) mass is 275 g/mol. The molecular weight excluding hydrogens is 258 g/mol. The summed E-state index contributed by atoms with van der Waals surface area (Å²) in [6, 6.07) is 17.0. The summed E-state index contributed by atoms with van der Waals surface area (Å²) in [4.78, 5) is 0. The fourth-order valence-electron chi connectivity index (χ4n) is 3.03. The third-order valence-electron chi connectivity index (χ3n) is 4.06. The number of fused-ring (bicyclic) bond motifs is 5. The van der Waals surface area contributed by atoms with Crippen LogP contribution in [0.3, 0.4) is 0 Å². The Bertz CT molecular complexity index is 973. The molecule has 0 unspecified atom stereocenters. The van der Waals surface area contributed by atoms with Gasteiger partial charge < -0.3 is 4.52 Å². The van der Waals surface area contributed by atoms with Gasteiger partial charge in [0.1, 0.15) is 0 Å². The topological polar surface area (TPSA) is 26.0 Å². The number of aromatic nitrogens is 1. The van der Waals surface area contributed by atoms with Gasteiger partial charge in [0.2, 0.25) is 0 Å². The molecule has 0 saturated heterocycles. The average Bonchev–Trinajstić information content (AvgIpc) is 2.90. The molecule has 0 fully saturated rings. The molecule has 0 aliphatic rings. The second-order valence-electron chi connectivity index (χ2n) is 6.61. The van der Waals surface area contributed by atoms with Crippen LogP contribution >= 0.6 is 0 Å². The van der Waals surface area contributed by atoms with E-state index in [2.05, 4.69) is 74.5 Å². The number of hydrogen-bond donors (Lipinski definition) is 0. The molecule has 0 amide bonds. The maximum Gasteiger partial charge on any atom is 0.175 e. The van der Waals surface area contributed by atoms with E-state index < -0.39 is 0 Å². The van der Waals surface area contributed by atoms with Crippen LogP contribution in [-0.2, 0) is 5.41 Å². The summed E-state index contributed by atoms with van der Waals surface area (Å²) >= 11 is 0. The minimum Gasteiger partial charge on any atom is -0.355 e. The molecule has 2 heteroatoms. The van der Waals surface area contributed by atoms with Crippen LogP contribution < -0.4 is 0 Å². The summed E-state index contributed by atoms with van der Waals surface area (Å²) in [6.07, 6.45) is 0. The van der Waals surface area contributed by atoms with Gasteiger partial charge in [0.15, 0.2) is 5.58 Å². The molecule has 0 bridgehead atoms. The van der Waals surface area contributed by atoms with Gasteiger partial charge in [-0.25, -0.2) is 0 Å². The summed E-state index contributed by atoms with van der Waals surface area (Å²) in [5.41, 5.74) is 1.89. The zero-order valence-electron chi connectivity index (χ0n) is 12.5. The average molecular weight is 275 g/mol. The van der Waals surface area contributed by atoms with Crippen molar-refractivity contribution < 1.29 is 4.52 Å². The molecule has 0 atom stereocenters. The van der Waals surface area contributed by atoms with Crippen molar-refractivity contribution in [1.29, 1.82) is 0 Å². The van der Waals surface area contributed by atoms with Gasteiger partial charge in [-0.1, -0.05) is 68.4 Å². The molecule has 104 valence electrons. The van der Waals surface area contributed by atoms with Gasteiger partial charge in [-0.15, -0.1) is 0 Å². The fraction of sp³-hybridized carbons (Fsp3) is 0.211. The molecule has 3 aromatic carbocycles. The predicted molar refractivity (Wildman–Crippen MR) is 87.7 cm³/mol. The third-order valence-corrected chi connectivity index (χ3v) is 4.06. The van der Waals surface area contributed by atoms with Crippen LogP contribution in [0.4, 0.5) is 0 Å². The Morgan fingerprint density at radius 2 is 1.52 bits per heavy atom. The Kier molecular flexibility index (Phi) is 2.41. The van der Waals surface area contributed by atoms with E-state index in [0.717, 1.165) is 22.0 Å². The van der Waals surface area contributed by atoms with E-state index >= 15 is 0 Å². The second kappa shape index (κ2) is 4.08. The van der Waals surface area contributed by atoms with Crippen LogP contribution in [-0.4, -0.2) is 5.16 Å². The van der Waals surface area contributed by atoms with Crippen molar-refractivity contribution in [2.45, 2.75) is 26.2 Å². The zero-order chi connectivity index (χ0) is 14.6. The molecule has 4 aromatic rings. The Hall–Kier alpha value is -2.35. The normalized spacial score (nSPS) is 12.5. The summed E-state index contributed by atoms with van der Waals surface area (Å²) < 4.78 is 5.75. The van der Waals surface area contributed by atoms with Crippen molar-refractivity contribution in [2.24, 2.45) is 0 Å². The minimum absolute atomic E-state index is 0.0243. The predicted octanol–water partition coefficient (Wildman–Crippen LogP) is 5.43. The van der Waals surface area contributed by atoms with E-state index in [4.69, 9.17) is 4.52 Å². The van der Waals surface area contributed by atoms with Crippen LogP contribution in [0.2, 0.25) is 0 Å². The molecule has 1 heterocycles. The first kappa shape index (κ1) is 12.4. The lowest BCUT2D eigenvalue weighted by Crippen LogP contribution is -2.11. The molecule has 0 N–H and O–H groups in total. The summed E-state index contributed by atoms with van der Waals surface area (Å²) in [5, 5.41) is 10.3. The molecule has 0 spiro atoms. The lowest BCUT2D eigenvalue weighted by atomic mass is 9.89. The highest BCUT2D eigenvalue weighted by molar-refractivity contribution is 6.18. The van der Waals surface area contributed by atoms with Crippen molar-refractivity contribution >= 4 is 32.5 Å². The van der Waals surface area contributed by atoms with E-state index in [0.29, 0.717) is 0 Å². The molecule has 0 radical (unpaired) electrons. The van der Waals surface area contributed by atoms with Gasteiger partial charge in [0.05, 0.1) is 5.69 Å². The van der Waals surface area contributed by atoms with Crippen molar-refractivity contribution in [3.05, 3.63) is 54.2 Å². The van der Waals surface area contributed by atoms with Crippen LogP contribution in [0.1, 0.15) is 26.5 Å². The number of nitrogens with zero attached hydrogens (tertiary/aromatic N) is 1. The molecule has 2 nitrogen and oxygen atoms in total. The molecular formula is C19H17NO. The second-order valence-corrected chi connectivity index (χ2v) is 6.61. The molecule has 0 aliphatic heterocycles. The molecule has 1 aromatic heterocycles. The van der Waals surface area contributed by atoms with E-state index in [1.54, 1.807) is 0 Å². The first-order valence-corrected chi connectivity index (χ1v) is 7.26. The van der Waals surface area contributed by atoms with Gasteiger partial charge in [-0.3, -0.25) is 0 Å². The van der Waals surface area contributed by atoms with Gasteiger partial charge in [-0.2, -0.15) is 0 Å². The highest BCUT2D eigenvalue weighted by Gasteiger charge is 2.23. The number of hydrogen-bond acceptors (Lipinski definition) is 2. The Balaban J connectivity index is 2.23. The lowest BCUT2D eigenvalue weighted by Gasteiger charge is -2.14. The van der Waals surface area contributed by atoms with Gasteiger partial charge >= 0.3 is 0 Å². The standard InChI is InChI=1S/C19H17NO/c1-19(2,3)18-15-11-10-13-9-8-12-6-4-5-7-14(12)16(13)17(15)21-20-18/h4-11H,1-3H3. The van der Waals surface area contributed by atoms with Crippen molar-refractivity contribution in [3.8, 4) is 0 Å². The van der Waals surface area contributed by atoms with Gasteiger partial charge in [0.25, 0.3) is 0 Å². The van der Waals surface area contributed by atoms with Crippen molar-refractivity contribution in [3.63, 3.8) is 0 Å². The molecule has 21 heavy (non-hydrogen) atoms. The Morgan fingerprint density at radius 3 is 2.33 bits per heavy atom. The Labute approximate surface area is 123 Å². The quantitative estimate of drug-likeness (QED) is 0.400. The highest BCUT2D eigenvalue weighted by Crippen LogP contribution is 2.36. The summed E-state index contributed by atoms with van der Waals surface area (Å²) in [5.74, 6) is 0. The van der Waals surface area contributed by atoms with Gasteiger partial charge in [-0.05, 0) is 22.2 Å². The van der Waals surface area contributed by atoms with E-state index in [1.165, 1.54) is 16.2 Å². The molecule has 4 rings (SSSR count). The number of benzene rings is 3. The van der Waals surface area contributed by atoms with E-state index in [1.807, 2.05) is 0 Å². The van der Waals surface area contributed by atoms with E-state index in [-0.39, 0.29) is 5.41 Å². The van der Waals surface area contributed by atoms with Crippen LogP contribution in [0.25, 0.3) is 32.5 Å². The Morgan fingerprint density at radius 1 is 0.810 bits per heavy atom. The van der Waals surface area contributed by atoms with E-state index in [9.17, 15) is 0 Å². The van der Waals surface area contributed by atoms with Crippen molar-refractivity contribution in [2.75, 3.05) is 0 Å². The fourth-order valence-corrected chi connectivity index (χ4v) is 3.03. The van der Waals surface area contributed by atoms with Crippen LogP contribution in [0.5, 0.6) is 0 Å². The third kappa shape index (κ3) is 1.75. The maximum absolute atomic E-state index is 5.75. The van der Waals surface area contributed by atoms with Gasteiger partial charge in [0, 0.05) is 16.2 Å². The number of rotatable bonds is 0. The van der Waals surface area contributed by atoms with Crippen molar-refractivity contribution in [1.82, 2.24) is 5.16 Å². The van der Waals surface area contributed by atoms with Crippen LogP contribution in [0.15, 0.2) is 53.1 Å². The SMILES string of the molecule is CC(C)(C)c1noc2c1ccc1ccc3ccccc3c12. The minimum atomic E-state index is -0.0243. The summed E-state index contributed by atoms with van der Waals surface area (Å²) in [7, 11) is 0. The van der Waals surface area contributed by atoms with Crippen LogP contribution in [0, 0.1) is 0 Å². The zero-order valence-corrected chi connectivity index (χ0v) is 12.5. The summed E-state index contributed by atoms with van der Waals surface area (Å²) in [6.45, 7) is 6.49. The first-order valence-electron chi connectivity index (χ1n) is 7.26. The highest BCUT2D eigenvalue weighted by atomic mass is 16.5. The molecule has 0 aliphatic carbocycles. The first-order chi connectivity index (χ1) is 10.1. The molecule has 0 saturated carbocycles. The largest absolute Gasteiger partial charge is 0.355 e.